The van der Waals surface area contributed by atoms with Crippen LogP contribution < -0.4 is 9.64 Å². The molecular formula is C25H39N3O2. The predicted octanol–water partition coefficient (Wildman–Crippen LogP) is 5.35. The lowest BCUT2D eigenvalue weighted by atomic mass is 9.97. The molecule has 0 saturated heterocycles. The lowest BCUT2D eigenvalue weighted by Crippen LogP contribution is -2.30. The number of benzene rings is 1. The van der Waals surface area contributed by atoms with Gasteiger partial charge in [-0.25, -0.2) is 4.98 Å². The van der Waals surface area contributed by atoms with Crippen molar-refractivity contribution in [2.75, 3.05) is 18.0 Å². The van der Waals surface area contributed by atoms with Crippen molar-refractivity contribution in [1.29, 1.82) is 0 Å². The van der Waals surface area contributed by atoms with Gasteiger partial charge in [0.15, 0.2) is 5.82 Å². The standard InChI is InChI=1S/C25H39N3O2/c1-8-15-28(16-9-2)23-17(5)26-24(27-25(23)30-19(7)18(6)29)22-20(10-3)13-12-14-21(22)11-4/h12-14,18-19,29H,8-11,15-16H2,1-7H3/t18-,19-/m0/s1. The average Bonchev–Trinajstić information content (AvgIpc) is 2.72. The zero-order valence-corrected chi connectivity index (χ0v) is 19.8. The van der Waals surface area contributed by atoms with Gasteiger partial charge in [-0.15, -0.1) is 0 Å². The highest BCUT2D eigenvalue weighted by Gasteiger charge is 2.23. The summed E-state index contributed by atoms with van der Waals surface area (Å²) in [5.41, 5.74) is 5.47. The monoisotopic (exact) mass is 413 g/mol. The first kappa shape index (κ1) is 24.1. The highest BCUT2D eigenvalue weighted by atomic mass is 16.5. The van der Waals surface area contributed by atoms with Crippen LogP contribution >= 0.6 is 0 Å². The van der Waals surface area contributed by atoms with Gasteiger partial charge < -0.3 is 14.7 Å². The van der Waals surface area contributed by atoms with E-state index in [-0.39, 0.29) is 6.10 Å². The Balaban J connectivity index is 2.71. The lowest BCUT2D eigenvalue weighted by Gasteiger charge is -2.29. The van der Waals surface area contributed by atoms with Crippen LogP contribution in [0.15, 0.2) is 18.2 Å². The molecule has 0 aliphatic heterocycles. The quantitative estimate of drug-likeness (QED) is 0.538. The van der Waals surface area contributed by atoms with Crippen molar-refractivity contribution in [3.63, 3.8) is 0 Å². The Kier molecular flexibility index (Phi) is 9.09. The second kappa shape index (κ2) is 11.3. The van der Waals surface area contributed by atoms with E-state index in [1.54, 1.807) is 6.92 Å². The molecule has 5 heteroatoms. The van der Waals surface area contributed by atoms with Crippen molar-refractivity contribution in [1.82, 2.24) is 9.97 Å². The molecule has 1 aromatic heterocycles. The Hall–Kier alpha value is -2.14. The van der Waals surface area contributed by atoms with E-state index in [4.69, 9.17) is 14.7 Å². The van der Waals surface area contributed by atoms with Crippen LogP contribution in [0.25, 0.3) is 11.4 Å². The molecule has 0 bridgehead atoms. The van der Waals surface area contributed by atoms with Crippen LogP contribution in [-0.2, 0) is 12.8 Å². The van der Waals surface area contributed by atoms with E-state index < -0.39 is 6.10 Å². The number of nitrogens with zero attached hydrogens (tertiary/aromatic N) is 3. The molecule has 0 saturated carbocycles. The molecule has 166 valence electrons. The van der Waals surface area contributed by atoms with Crippen molar-refractivity contribution in [2.45, 2.75) is 86.4 Å². The SMILES string of the molecule is CCCN(CCC)c1c(C)nc(-c2c(CC)cccc2CC)nc1O[C@@H](C)[C@H](C)O. The molecule has 1 aromatic carbocycles. The van der Waals surface area contributed by atoms with Crippen molar-refractivity contribution in [2.24, 2.45) is 0 Å². The summed E-state index contributed by atoms with van der Waals surface area (Å²) in [6.45, 7) is 16.2. The van der Waals surface area contributed by atoms with Crippen LogP contribution in [0.5, 0.6) is 5.88 Å². The number of anilines is 1. The van der Waals surface area contributed by atoms with Gasteiger partial charge >= 0.3 is 0 Å². The molecule has 0 radical (unpaired) electrons. The van der Waals surface area contributed by atoms with Crippen LogP contribution in [0.2, 0.25) is 0 Å². The fraction of sp³-hybridized carbons (Fsp3) is 0.600. The van der Waals surface area contributed by atoms with Gasteiger partial charge in [0.05, 0.1) is 11.8 Å². The molecule has 0 fully saturated rings. The van der Waals surface area contributed by atoms with Gasteiger partial charge in [0.25, 0.3) is 0 Å². The third-order valence-electron chi connectivity index (χ3n) is 5.53. The van der Waals surface area contributed by atoms with Crippen LogP contribution in [0.3, 0.4) is 0 Å². The molecule has 0 amide bonds. The van der Waals surface area contributed by atoms with Gasteiger partial charge in [-0.1, -0.05) is 45.9 Å². The van der Waals surface area contributed by atoms with E-state index >= 15 is 0 Å². The number of aryl methyl sites for hydroxylation is 3. The third kappa shape index (κ3) is 5.51. The molecule has 0 spiro atoms. The first-order valence-corrected chi connectivity index (χ1v) is 11.5. The fourth-order valence-electron chi connectivity index (χ4n) is 3.78. The maximum atomic E-state index is 10.1. The van der Waals surface area contributed by atoms with Crippen LogP contribution in [0.1, 0.15) is 71.2 Å². The summed E-state index contributed by atoms with van der Waals surface area (Å²) in [5, 5.41) is 10.1. The maximum Gasteiger partial charge on any atom is 0.241 e. The van der Waals surface area contributed by atoms with E-state index in [1.165, 1.54) is 11.1 Å². The van der Waals surface area contributed by atoms with Crippen molar-refractivity contribution >= 4 is 5.69 Å². The number of aliphatic hydroxyl groups excluding tert-OH is 1. The van der Waals surface area contributed by atoms with Gasteiger partial charge in [0, 0.05) is 18.7 Å². The molecule has 1 N–H and O–H groups in total. The van der Waals surface area contributed by atoms with Gasteiger partial charge in [0.1, 0.15) is 11.8 Å². The van der Waals surface area contributed by atoms with Gasteiger partial charge in [-0.3, -0.25) is 0 Å². The Morgan fingerprint density at radius 1 is 0.967 bits per heavy atom. The number of rotatable bonds is 11. The summed E-state index contributed by atoms with van der Waals surface area (Å²) >= 11 is 0. The summed E-state index contributed by atoms with van der Waals surface area (Å²) in [5.74, 6) is 1.28. The normalized spacial score (nSPS) is 13.2. The molecular weight excluding hydrogens is 374 g/mol. The largest absolute Gasteiger partial charge is 0.470 e. The van der Waals surface area contributed by atoms with E-state index in [0.29, 0.717) is 11.7 Å². The lowest BCUT2D eigenvalue weighted by molar-refractivity contribution is 0.0577. The number of aliphatic hydroxyl groups is 1. The molecule has 5 nitrogen and oxygen atoms in total. The maximum absolute atomic E-state index is 10.1. The Bertz CT molecular complexity index is 792. The molecule has 0 aliphatic rings. The van der Waals surface area contributed by atoms with Gasteiger partial charge in [-0.2, -0.15) is 4.98 Å². The minimum absolute atomic E-state index is 0.358. The molecule has 0 aliphatic carbocycles. The second-order valence-corrected chi connectivity index (χ2v) is 8.00. The summed E-state index contributed by atoms with van der Waals surface area (Å²) in [7, 11) is 0. The zero-order chi connectivity index (χ0) is 22.3. The number of hydrogen-bond acceptors (Lipinski definition) is 5. The highest BCUT2D eigenvalue weighted by Crippen LogP contribution is 2.35. The Morgan fingerprint density at radius 3 is 2.00 bits per heavy atom. The minimum atomic E-state index is -0.587. The Morgan fingerprint density at radius 2 is 1.53 bits per heavy atom. The molecule has 2 rings (SSSR count). The third-order valence-corrected chi connectivity index (χ3v) is 5.53. The van der Waals surface area contributed by atoms with E-state index in [0.717, 1.165) is 55.7 Å². The molecule has 2 aromatic rings. The van der Waals surface area contributed by atoms with E-state index in [9.17, 15) is 5.11 Å². The van der Waals surface area contributed by atoms with Crippen molar-refractivity contribution in [3.05, 3.63) is 35.0 Å². The summed E-state index contributed by atoms with van der Waals surface area (Å²) < 4.78 is 6.23. The molecule has 30 heavy (non-hydrogen) atoms. The predicted molar refractivity (Wildman–Crippen MR) is 126 cm³/mol. The second-order valence-electron chi connectivity index (χ2n) is 8.00. The summed E-state index contributed by atoms with van der Waals surface area (Å²) in [6.07, 6.45) is 2.97. The van der Waals surface area contributed by atoms with Crippen molar-refractivity contribution < 1.29 is 9.84 Å². The summed E-state index contributed by atoms with van der Waals surface area (Å²) in [6, 6.07) is 6.42. The van der Waals surface area contributed by atoms with Crippen LogP contribution in [0.4, 0.5) is 5.69 Å². The smallest absolute Gasteiger partial charge is 0.241 e. The number of hydrogen-bond donors (Lipinski definition) is 1. The van der Waals surface area contributed by atoms with E-state index in [1.807, 2.05) is 13.8 Å². The average molecular weight is 414 g/mol. The minimum Gasteiger partial charge on any atom is -0.470 e. The number of ether oxygens (including phenoxy) is 1. The zero-order valence-electron chi connectivity index (χ0n) is 19.8. The van der Waals surface area contributed by atoms with Gasteiger partial charge in [0.2, 0.25) is 5.88 Å². The van der Waals surface area contributed by atoms with Crippen LogP contribution in [0, 0.1) is 6.92 Å². The van der Waals surface area contributed by atoms with E-state index in [2.05, 4.69) is 50.8 Å². The first-order valence-electron chi connectivity index (χ1n) is 11.5. The first-order chi connectivity index (χ1) is 14.4. The number of aromatic nitrogens is 2. The molecule has 0 unspecified atom stereocenters. The molecule has 1 heterocycles. The fourth-order valence-corrected chi connectivity index (χ4v) is 3.78. The van der Waals surface area contributed by atoms with Crippen LogP contribution in [-0.4, -0.2) is 40.4 Å². The van der Waals surface area contributed by atoms with Crippen molar-refractivity contribution in [3.8, 4) is 17.3 Å². The Labute approximate surface area is 182 Å². The van der Waals surface area contributed by atoms with Gasteiger partial charge in [-0.05, 0) is 57.6 Å². The topological polar surface area (TPSA) is 58.5 Å². The summed E-state index contributed by atoms with van der Waals surface area (Å²) in [4.78, 5) is 12.2. The highest BCUT2D eigenvalue weighted by molar-refractivity contribution is 5.69. The molecule has 2 atom stereocenters.